The van der Waals surface area contributed by atoms with Crippen molar-refractivity contribution in [3.05, 3.63) is 59.8 Å². The Morgan fingerprint density at radius 1 is 1.14 bits per heavy atom. The van der Waals surface area contributed by atoms with Gasteiger partial charge in [0, 0.05) is 34.9 Å². The average molecular weight is 398 g/mol. The first-order chi connectivity index (χ1) is 13.8. The highest BCUT2D eigenvalue weighted by molar-refractivity contribution is 6.13. The third kappa shape index (κ3) is 3.48. The van der Waals surface area contributed by atoms with Crippen LogP contribution in [0.1, 0.15) is 35.8 Å². The number of nitrogens with zero attached hydrogens (tertiary/aromatic N) is 2. The molecule has 4 rings (SSSR count). The molecule has 3 aromatic rings. The maximum atomic E-state index is 13.4. The lowest BCUT2D eigenvalue weighted by molar-refractivity contribution is -0.0885. The molecular formula is C23H21F3N2O. The first-order valence-electron chi connectivity index (χ1n) is 9.65. The van der Waals surface area contributed by atoms with Crippen LogP contribution in [-0.2, 0) is 0 Å². The SMILES string of the molecule is Cc1nc2ccc(N3CCCC3C)cc2c(-c2ccccc2)c1C(=O)C(F)(F)F. The van der Waals surface area contributed by atoms with Gasteiger partial charge in [-0.3, -0.25) is 9.78 Å². The standard InChI is InChI=1S/C23H21F3N2O/c1-14-7-6-12-28(14)17-10-11-19-18(13-17)21(16-8-4-3-5-9-16)20(15(2)27-19)22(29)23(24,25)26/h3-5,8-11,13-14H,6-7,12H2,1-2H3. The number of halogens is 3. The highest BCUT2D eigenvalue weighted by Gasteiger charge is 2.42. The van der Waals surface area contributed by atoms with Crippen molar-refractivity contribution in [2.24, 2.45) is 0 Å². The van der Waals surface area contributed by atoms with Crippen LogP contribution in [0.15, 0.2) is 48.5 Å². The third-order valence-corrected chi connectivity index (χ3v) is 5.58. The van der Waals surface area contributed by atoms with Crippen molar-refractivity contribution in [3.63, 3.8) is 0 Å². The second-order valence-corrected chi connectivity index (χ2v) is 7.53. The Morgan fingerprint density at radius 3 is 2.48 bits per heavy atom. The average Bonchev–Trinajstić information content (AvgIpc) is 3.12. The predicted molar refractivity (Wildman–Crippen MR) is 108 cm³/mol. The van der Waals surface area contributed by atoms with Gasteiger partial charge in [-0.15, -0.1) is 0 Å². The van der Waals surface area contributed by atoms with Crippen LogP contribution in [0.2, 0.25) is 0 Å². The van der Waals surface area contributed by atoms with Crippen molar-refractivity contribution >= 4 is 22.4 Å². The van der Waals surface area contributed by atoms with Crippen LogP contribution in [0.3, 0.4) is 0 Å². The Labute approximate surface area is 167 Å². The molecule has 1 saturated heterocycles. The van der Waals surface area contributed by atoms with E-state index in [1.54, 1.807) is 30.3 Å². The number of benzene rings is 2. The lowest BCUT2D eigenvalue weighted by Gasteiger charge is -2.25. The maximum Gasteiger partial charge on any atom is 0.454 e. The van der Waals surface area contributed by atoms with Gasteiger partial charge in [0.15, 0.2) is 0 Å². The van der Waals surface area contributed by atoms with Crippen LogP contribution in [0.4, 0.5) is 18.9 Å². The number of pyridine rings is 1. The van der Waals surface area contributed by atoms with Crippen LogP contribution < -0.4 is 4.90 Å². The molecule has 0 radical (unpaired) electrons. The third-order valence-electron chi connectivity index (χ3n) is 5.58. The highest BCUT2D eigenvalue weighted by atomic mass is 19.4. The number of carbonyl (C=O) groups excluding carboxylic acids is 1. The quantitative estimate of drug-likeness (QED) is 0.512. The van der Waals surface area contributed by atoms with E-state index in [0.29, 0.717) is 28.1 Å². The molecule has 1 aromatic heterocycles. The normalized spacial score (nSPS) is 17.1. The van der Waals surface area contributed by atoms with Gasteiger partial charge in [-0.25, -0.2) is 0 Å². The summed E-state index contributed by atoms with van der Waals surface area (Å²) < 4.78 is 40.2. The highest BCUT2D eigenvalue weighted by Crippen LogP contribution is 2.38. The molecule has 29 heavy (non-hydrogen) atoms. The van der Waals surface area contributed by atoms with Crippen LogP contribution in [0.5, 0.6) is 0 Å². The van der Waals surface area contributed by atoms with Gasteiger partial charge < -0.3 is 4.90 Å². The minimum atomic E-state index is -4.97. The summed E-state index contributed by atoms with van der Waals surface area (Å²) in [5.74, 6) is -1.86. The topological polar surface area (TPSA) is 33.2 Å². The van der Waals surface area contributed by atoms with E-state index in [1.807, 2.05) is 18.2 Å². The van der Waals surface area contributed by atoms with Crippen LogP contribution in [0.25, 0.3) is 22.0 Å². The Balaban J connectivity index is 2.03. The first-order valence-corrected chi connectivity index (χ1v) is 9.65. The molecule has 2 heterocycles. The van der Waals surface area contributed by atoms with Gasteiger partial charge in [-0.2, -0.15) is 13.2 Å². The number of aromatic nitrogens is 1. The molecule has 6 heteroatoms. The molecule has 1 aliphatic heterocycles. The smallest absolute Gasteiger partial charge is 0.369 e. The van der Waals surface area contributed by atoms with E-state index in [0.717, 1.165) is 25.1 Å². The summed E-state index contributed by atoms with van der Waals surface area (Å²) in [6.45, 7) is 4.50. The van der Waals surface area contributed by atoms with Gasteiger partial charge in [-0.1, -0.05) is 30.3 Å². The summed E-state index contributed by atoms with van der Waals surface area (Å²) in [5.41, 5.74) is 2.10. The molecular weight excluding hydrogens is 377 g/mol. The fraction of sp³-hybridized carbons (Fsp3) is 0.304. The fourth-order valence-corrected chi connectivity index (χ4v) is 4.19. The minimum Gasteiger partial charge on any atom is -0.369 e. The molecule has 0 amide bonds. The molecule has 1 aliphatic rings. The van der Waals surface area contributed by atoms with E-state index < -0.39 is 12.0 Å². The zero-order valence-corrected chi connectivity index (χ0v) is 16.3. The number of ketones is 1. The maximum absolute atomic E-state index is 13.4. The Hall–Kier alpha value is -2.89. The van der Waals surface area contributed by atoms with Crippen molar-refractivity contribution in [2.75, 3.05) is 11.4 Å². The van der Waals surface area contributed by atoms with E-state index >= 15 is 0 Å². The number of anilines is 1. The number of hydrogen-bond donors (Lipinski definition) is 0. The molecule has 0 saturated carbocycles. The van der Waals surface area contributed by atoms with Crippen molar-refractivity contribution in [1.82, 2.24) is 4.98 Å². The van der Waals surface area contributed by atoms with Crippen molar-refractivity contribution in [3.8, 4) is 11.1 Å². The second-order valence-electron chi connectivity index (χ2n) is 7.53. The zero-order chi connectivity index (χ0) is 20.8. The van der Waals surface area contributed by atoms with E-state index in [2.05, 4.69) is 16.8 Å². The van der Waals surface area contributed by atoms with E-state index in [4.69, 9.17) is 0 Å². The van der Waals surface area contributed by atoms with Crippen molar-refractivity contribution in [2.45, 2.75) is 38.9 Å². The predicted octanol–water partition coefficient (Wildman–Crippen LogP) is 5.94. The molecule has 3 nitrogen and oxygen atoms in total. The monoisotopic (exact) mass is 398 g/mol. The minimum absolute atomic E-state index is 0.0842. The second kappa shape index (κ2) is 7.17. The molecule has 0 aliphatic carbocycles. The van der Waals surface area contributed by atoms with Gasteiger partial charge in [0.25, 0.3) is 5.78 Å². The summed E-state index contributed by atoms with van der Waals surface area (Å²) in [7, 11) is 0. The number of aryl methyl sites for hydroxylation is 1. The number of alkyl halides is 3. The Kier molecular flexibility index (Phi) is 4.81. The Bertz CT molecular complexity index is 1080. The van der Waals surface area contributed by atoms with E-state index in [-0.39, 0.29) is 11.3 Å². The first kappa shape index (κ1) is 19.4. The van der Waals surface area contributed by atoms with Gasteiger partial charge in [-0.05, 0) is 50.5 Å². The fourth-order valence-electron chi connectivity index (χ4n) is 4.19. The van der Waals surface area contributed by atoms with Gasteiger partial charge in [0.1, 0.15) is 0 Å². The van der Waals surface area contributed by atoms with Gasteiger partial charge in [0.05, 0.1) is 11.1 Å². The summed E-state index contributed by atoms with van der Waals surface area (Å²) in [6, 6.07) is 14.8. The lowest BCUT2D eigenvalue weighted by Crippen LogP contribution is -2.26. The molecule has 0 N–H and O–H groups in total. The molecule has 2 aromatic carbocycles. The molecule has 1 unspecified atom stereocenters. The molecule has 0 spiro atoms. The largest absolute Gasteiger partial charge is 0.454 e. The van der Waals surface area contributed by atoms with Crippen LogP contribution in [-0.4, -0.2) is 29.5 Å². The van der Waals surface area contributed by atoms with Crippen molar-refractivity contribution < 1.29 is 18.0 Å². The number of hydrogen-bond acceptors (Lipinski definition) is 3. The van der Waals surface area contributed by atoms with Gasteiger partial charge in [0.2, 0.25) is 0 Å². The molecule has 1 fully saturated rings. The zero-order valence-electron chi connectivity index (χ0n) is 16.3. The molecule has 150 valence electrons. The lowest BCUT2D eigenvalue weighted by atomic mass is 9.91. The van der Waals surface area contributed by atoms with Crippen molar-refractivity contribution in [1.29, 1.82) is 0 Å². The number of fused-ring (bicyclic) bond motifs is 1. The Morgan fingerprint density at radius 2 is 1.86 bits per heavy atom. The number of carbonyl (C=O) groups is 1. The summed E-state index contributed by atoms with van der Waals surface area (Å²) in [4.78, 5) is 18.9. The van der Waals surface area contributed by atoms with Gasteiger partial charge >= 0.3 is 6.18 Å². The van der Waals surface area contributed by atoms with Crippen LogP contribution in [0, 0.1) is 6.92 Å². The number of Topliss-reactive ketones (excluding diaryl/α,β-unsaturated/α-hetero) is 1. The van der Waals surface area contributed by atoms with Crippen LogP contribution >= 0.6 is 0 Å². The summed E-state index contributed by atoms with van der Waals surface area (Å²) in [6.07, 6.45) is -2.81. The van der Waals surface area contributed by atoms with E-state index in [9.17, 15) is 18.0 Å². The summed E-state index contributed by atoms with van der Waals surface area (Å²) >= 11 is 0. The molecule has 0 bridgehead atoms. The summed E-state index contributed by atoms with van der Waals surface area (Å²) in [5, 5.41) is 0.561. The molecule has 1 atom stereocenters. The number of rotatable bonds is 3. The van der Waals surface area contributed by atoms with E-state index in [1.165, 1.54) is 6.92 Å².